The number of nitrogens with zero attached hydrogens (tertiary/aromatic N) is 1. The Hall–Kier alpha value is -3.01. The lowest BCUT2D eigenvalue weighted by Crippen LogP contribution is -1.93. The van der Waals surface area contributed by atoms with Gasteiger partial charge in [0.2, 0.25) is 0 Å². The third-order valence-corrected chi connectivity index (χ3v) is 3.78. The zero-order valence-corrected chi connectivity index (χ0v) is 13.7. The predicted octanol–water partition coefficient (Wildman–Crippen LogP) is 4.41. The van der Waals surface area contributed by atoms with Crippen LogP contribution in [0.2, 0.25) is 0 Å². The van der Waals surface area contributed by atoms with Gasteiger partial charge in [-0.3, -0.25) is 0 Å². The van der Waals surface area contributed by atoms with Crippen LogP contribution in [0.1, 0.15) is 11.1 Å². The van der Waals surface area contributed by atoms with E-state index in [9.17, 15) is 0 Å². The lowest BCUT2D eigenvalue weighted by atomic mass is 10.1. The highest BCUT2D eigenvalue weighted by Gasteiger charge is 2.03. The van der Waals surface area contributed by atoms with E-state index in [0.29, 0.717) is 18.1 Å². The summed E-state index contributed by atoms with van der Waals surface area (Å²) in [5, 5.41) is 6.43. The van der Waals surface area contributed by atoms with E-state index >= 15 is 0 Å². The van der Waals surface area contributed by atoms with Crippen LogP contribution >= 0.6 is 0 Å². The molecule has 0 unspecified atom stereocenters. The lowest BCUT2D eigenvalue weighted by Gasteiger charge is -2.07. The number of ether oxygens (including phenoxy) is 2. The van der Waals surface area contributed by atoms with E-state index in [1.165, 1.54) is 10.8 Å². The van der Waals surface area contributed by atoms with Crippen LogP contribution in [0.3, 0.4) is 0 Å². The summed E-state index contributed by atoms with van der Waals surface area (Å²) in [6.45, 7) is 0.422. The fraction of sp³-hybridized carbons (Fsp3) is 0.150. The summed E-state index contributed by atoms with van der Waals surface area (Å²) >= 11 is 0. The van der Waals surface area contributed by atoms with Crippen LogP contribution in [0.15, 0.2) is 65.8 Å². The van der Waals surface area contributed by atoms with Gasteiger partial charge in [-0.15, -0.1) is 0 Å². The van der Waals surface area contributed by atoms with Gasteiger partial charge in [-0.25, -0.2) is 0 Å². The molecular weight excluding hydrogens is 302 g/mol. The van der Waals surface area contributed by atoms with Crippen molar-refractivity contribution in [2.24, 2.45) is 5.16 Å². The molecule has 4 nitrogen and oxygen atoms in total. The van der Waals surface area contributed by atoms with Gasteiger partial charge in [0.15, 0.2) is 11.5 Å². The van der Waals surface area contributed by atoms with E-state index in [0.717, 1.165) is 11.1 Å². The van der Waals surface area contributed by atoms with Gasteiger partial charge < -0.3 is 14.3 Å². The van der Waals surface area contributed by atoms with Crippen molar-refractivity contribution < 1.29 is 14.3 Å². The largest absolute Gasteiger partial charge is 0.493 e. The van der Waals surface area contributed by atoms with Crippen molar-refractivity contribution in [3.63, 3.8) is 0 Å². The molecule has 0 saturated heterocycles. The third kappa shape index (κ3) is 3.49. The highest BCUT2D eigenvalue weighted by atomic mass is 16.6. The van der Waals surface area contributed by atoms with E-state index in [1.54, 1.807) is 20.4 Å². The molecule has 0 bridgehead atoms. The van der Waals surface area contributed by atoms with Gasteiger partial charge >= 0.3 is 0 Å². The van der Waals surface area contributed by atoms with Gasteiger partial charge in [-0.1, -0.05) is 47.6 Å². The molecule has 3 rings (SSSR count). The minimum atomic E-state index is 0.422. The zero-order chi connectivity index (χ0) is 16.8. The number of rotatable bonds is 6. The first-order valence-corrected chi connectivity index (χ1v) is 7.66. The van der Waals surface area contributed by atoms with Crippen molar-refractivity contribution in [3.05, 3.63) is 71.8 Å². The minimum absolute atomic E-state index is 0.422. The molecule has 0 amide bonds. The van der Waals surface area contributed by atoms with E-state index in [4.69, 9.17) is 14.3 Å². The number of benzene rings is 3. The monoisotopic (exact) mass is 321 g/mol. The number of methoxy groups -OCH3 is 2. The summed E-state index contributed by atoms with van der Waals surface area (Å²) < 4.78 is 10.5. The molecule has 0 aliphatic heterocycles. The second-order valence-electron chi connectivity index (χ2n) is 5.26. The standard InChI is InChI=1S/C20H19NO3/c1-22-19-11-10-15(12-20(19)23-2)13-21-24-14-17-8-5-7-16-6-3-4-9-18(16)17/h3-13H,14H2,1-2H3/b21-13-. The van der Waals surface area contributed by atoms with Crippen LogP contribution in [-0.2, 0) is 11.4 Å². The number of hydrogen-bond donors (Lipinski definition) is 0. The van der Waals surface area contributed by atoms with Gasteiger partial charge in [0.1, 0.15) is 6.61 Å². The second-order valence-corrected chi connectivity index (χ2v) is 5.26. The maximum atomic E-state index is 5.46. The first kappa shape index (κ1) is 15.9. The zero-order valence-electron chi connectivity index (χ0n) is 13.7. The highest BCUT2D eigenvalue weighted by Crippen LogP contribution is 2.27. The van der Waals surface area contributed by atoms with Gasteiger partial charge in [0.25, 0.3) is 0 Å². The minimum Gasteiger partial charge on any atom is -0.493 e. The van der Waals surface area contributed by atoms with Gasteiger partial charge in [-0.2, -0.15) is 0 Å². The third-order valence-electron chi connectivity index (χ3n) is 3.78. The highest BCUT2D eigenvalue weighted by molar-refractivity contribution is 5.85. The van der Waals surface area contributed by atoms with Crippen molar-refractivity contribution in [1.29, 1.82) is 0 Å². The van der Waals surface area contributed by atoms with Gasteiger partial charge in [0.05, 0.1) is 20.4 Å². The summed E-state index contributed by atoms with van der Waals surface area (Å²) in [5.41, 5.74) is 1.99. The van der Waals surface area contributed by atoms with Crippen molar-refractivity contribution in [2.45, 2.75) is 6.61 Å². The topological polar surface area (TPSA) is 40.0 Å². The molecule has 4 heteroatoms. The van der Waals surface area contributed by atoms with E-state index in [-0.39, 0.29) is 0 Å². The molecule has 3 aromatic carbocycles. The van der Waals surface area contributed by atoms with Crippen LogP contribution in [0.25, 0.3) is 10.8 Å². The second kappa shape index (κ2) is 7.51. The molecule has 0 fully saturated rings. The van der Waals surface area contributed by atoms with Crippen LogP contribution in [0.4, 0.5) is 0 Å². The van der Waals surface area contributed by atoms with E-state index in [1.807, 2.05) is 42.5 Å². The lowest BCUT2D eigenvalue weighted by molar-refractivity contribution is 0.133. The smallest absolute Gasteiger partial charge is 0.161 e. The average molecular weight is 321 g/mol. The fourth-order valence-electron chi connectivity index (χ4n) is 2.56. The molecule has 0 radical (unpaired) electrons. The first-order valence-electron chi connectivity index (χ1n) is 7.66. The molecule has 0 spiro atoms. The number of oxime groups is 1. The van der Waals surface area contributed by atoms with Crippen molar-refractivity contribution >= 4 is 17.0 Å². The molecule has 0 N–H and O–H groups in total. The summed E-state index contributed by atoms with van der Waals surface area (Å²) in [5.74, 6) is 1.35. The maximum Gasteiger partial charge on any atom is 0.161 e. The van der Waals surface area contributed by atoms with Crippen LogP contribution < -0.4 is 9.47 Å². The molecule has 0 heterocycles. The Balaban J connectivity index is 1.68. The maximum absolute atomic E-state index is 5.46. The summed E-state index contributed by atoms with van der Waals surface area (Å²) in [6.07, 6.45) is 1.66. The Morgan fingerprint density at radius 1 is 0.875 bits per heavy atom. The SMILES string of the molecule is COc1ccc(/C=N\OCc2cccc3ccccc23)cc1OC. The van der Waals surface area contributed by atoms with Crippen molar-refractivity contribution in [1.82, 2.24) is 0 Å². The van der Waals surface area contributed by atoms with Crippen molar-refractivity contribution in [3.8, 4) is 11.5 Å². The summed E-state index contributed by atoms with van der Waals surface area (Å²) in [4.78, 5) is 5.46. The van der Waals surface area contributed by atoms with Crippen LogP contribution in [0.5, 0.6) is 11.5 Å². The summed E-state index contributed by atoms with van der Waals surface area (Å²) in [6, 6.07) is 20.0. The molecule has 0 atom stereocenters. The molecule has 122 valence electrons. The fourth-order valence-corrected chi connectivity index (χ4v) is 2.56. The molecule has 0 aliphatic rings. The Bertz CT molecular complexity index is 853. The summed E-state index contributed by atoms with van der Waals surface area (Å²) in [7, 11) is 3.22. The van der Waals surface area contributed by atoms with Crippen molar-refractivity contribution in [2.75, 3.05) is 14.2 Å². The van der Waals surface area contributed by atoms with Gasteiger partial charge in [0, 0.05) is 5.56 Å². The van der Waals surface area contributed by atoms with Gasteiger partial charge in [-0.05, 0) is 34.5 Å². The average Bonchev–Trinajstić information content (AvgIpc) is 2.65. The Labute approximate surface area is 141 Å². The molecule has 3 aromatic rings. The van der Waals surface area contributed by atoms with E-state index < -0.39 is 0 Å². The Morgan fingerprint density at radius 2 is 1.67 bits per heavy atom. The molecular formula is C20H19NO3. The molecule has 0 aromatic heterocycles. The Kier molecular flexibility index (Phi) is 4.96. The first-order chi connectivity index (χ1) is 11.8. The van der Waals surface area contributed by atoms with E-state index in [2.05, 4.69) is 23.4 Å². The molecule has 0 aliphatic carbocycles. The Morgan fingerprint density at radius 3 is 2.50 bits per heavy atom. The molecule has 24 heavy (non-hydrogen) atoms. The predicted molar refractivity (Wildman–Crippen MR) is 95.9 cm³/mol. The molecule has 0 saturated carbocycles. The number of hydrogen-bond acceptors (Lipinski definition) is 4. The number of fused-ring (bicyclic) bond motifs is 1. The quantitative estimate of drug-likeness (QED) is 0.499. The normalized spacial score (nSPS) is 10.9. The van der Waals surface area contributed by atoms with Crippen LogP contribution in [-0.4, -0.2) is 20.4 Å². The van der Waals surface area contributed by atoms with Crippen LogP contribution in [0, 0.1) is 0 Å².